The van der Waals surface area contributed by atoms with Gasteiger partial charge >= 0.3 is 0 Å². The third-order valence-electron chi connectivity index (χ3n) is 3.51. The lowest BCUT2D eigenvalue weighted by molar-refractivity contribution is -0.121. The Bertz CT molecular complexity index is 777. The zero-order valence-corrected chi connectivity index (χ0v) is 12.2. The molecule has 0 atom stereocenters. The lowest BCUT2D eigenvalue weighted by Crippen LogP contribution is -2.23. The zero-order chi connectivity index (χ0) is 15.0. The zero-order valence-electron chi connectivity index (χ0n) is 11.4. The summed E-state index contributed by atoms with van der Waals surface area (Å²) in [6.07, 6.45) is 0. The predicted octanol–water partition coefficient (Wildman–Crippen LogP) is 2.87. The molecule has 1 saturated heterocycles. The smallest absolute Gasteiger partial charge is 0.293 e. The summed E-state index contributed by atoms with van der Waals surface area (Å²) in [5.41, 5.74) is 1.29. The number of carbonyl (C=O) groups is 2. The van der Waals surface area contributed by atoms with Gasteiger partial charge in [-0.2, -0.15) is 0 Å². The second-order valence-corrected chi connectivity index (χ2v) is 5.69. The van der Waals surface area contributed by atoms with Gasteiger partial charge in [-0.3, -0.25) is 14.5 Å². The number of carbonyl (C=O) groups excluding carboxylic acids is 2. The molecule has 0 radical (unpaired) electrons. The summed E-state index contributed by atoms with van der Waals surface area (Å²) in [5, 5.41) is 11.4. The number of hydrogen-bond donors (Lipinski definition) is 1. The summed E-state index contributed by atoms with van der Waals surface area (Å²) in [6.45, 7) is -0.288. The normalized spacial score (nSPS) is 17.7. The number of hydrogen-bond acceptors (Lipinski definition) is 4. The summed E-state index contributed by atoms with van der Waals surface area (Å²) < 4.78 is 0. The van der Waals surface area contributed by atoms with Gasteiger partial charge in [-0.1, -0.05) is 42.5 Å². The van der Waals surface area contributed by atoms with E-state index in [1.54, 1.807) is 0 Å². The van der Waals surface area contributed by atoms with E-state index >= 15 is 0 Å². The van der Waals surface area contributed by atoms with E-state index in [9.17, 15) is 14.7 Å². The van der Waals surface area contributed by atoms with Crippen molar-refractivity contribution in [2.75, 3.05) is 13.7 Å². The highest BCUT2D eigenvalue weighted by Gasteiger charge is 2.34. The molecular formula is C16H13NO3S. The Morgan fingerprint density at radius 2 is 1.86 bits per heavy atom. The summed E-state index contributed by atoms with van der Waals surface area (Å²) in [5.74, 6) is -0.359. The third-order valence-corrected chi connectivity index (χ3v) is 4.58. The first-order valence-corrected chi connectivity index (χ1v) is 7.27. The van der Waals surface area contributed by atoms with Crippen LogP contribution in [0.3, 0.4) is 0 Å². The molecule has 1 N–H and O–H groups in total. The molecule has 21 heavy (non-hydrogen) atoms. The minimum Gasteiger partial charge on any atom is -0.392 e. The Kier molecular flexibility index (Phi) is 3.53. The van der Waals surface area contributed by atoms with Crippen LogP contribution in [0.15, 0.2) is 47.4 Å². The van der Waals surface area contributed by atoms with E-state index in [1.165, 1.54) is 7.05 Å². The molecule has 3 rings (SSSR count). The molecule has 0 unspecified atom stereocenters. The van der Waals surface area contributed by atoms with Gasteiger partial charge in [-0.15, -0.1) is 0 Å². The largest absolute Gasteiger partial charge is 0.392 e. The maximum atomic E-state index is 12.1. The number of fused-ring (bicyclic) bond motifs is 1. The second-order valence-electron chi connectivity index (χ2n) is 4.72. The van der Waals surface area contributed by atoms with Gasteiger partial charge in [0.05, 0.1) is 11.5 Å². The topological polar surface area (TPSA) is 57.6 Å². The molecule has 0 aliphatic carbocycles. The fourth-order valence-electron chi connectivity index (χ4n) is 2.39. The average molecular weight is 299 g/mol. The molecular weight excluding hydrogens is 286 g/mol. The molecule has 5 heteroatoms. The molecule has 1 aliphatic rings. The van der Waals surface area contributed by atoms with Crippen molar-refractivity contribution in [2.24, 2.45) is 0 Å². The summed E-state index contributed by atoms with van der Waals surface area (Å²) in [7, 11) is 1.45. The van der Waals surface area contributed by atoms with Gasteiger partial charge < -0.3 is 5.11 Å². The van der Waals surface area contributed by atoms with Crippen LogP contribution < -0.4 is 0 Å². The number of thioether (sulfide) groups is 1. The van der Waals surface area contributed by atoms with Crippen molar-refractivity contribution in [3.05, 3.63) is 52.9 Å². The maximum absolute atomic E-state index is 12.1. The molecule has 1 heterocycles. The van der Waals surface area contributed by atoms with Crippen molar-refractivity contribution in [1.29, 1.82) is 0 Å². The van der Waals surface area contributed by atoms with E-state index in [1.807, 2.05) is 42.5 Å². The van der Waals surface area contributed by atoms with Crippen molar-refractivity contribution in [2.45, 2.75) is 0 Å². The minimum absolute atomic E-state index is 0.288. The molecule has 106 valence electrons. The van der Waals surface area contributed by atoms with Gasteiger partial charge in [0.15, 0.2) is 0 Å². The third kappa shape index (κ3) is 2.24. The van der Waals surface area contributed by atoms with Crippen LogP contribution in [-0.2, 0) is 4.79 Å². The van der Waals surface area contributed by atoms with Crippen LogP contribution in [-0.4, -0.2) is 34.8 Å². The Balaban J connectivity index is 2.25. The number of aliphatic hydroxyl groups excluding tert-OH is 1. The molecule has 0 aromatic heterocycles. The van der Waals surface area contributed by atoms with Gasteiger partial charge in [0, 0.05) is 12.6 Å². The van der Waals surface area contributed by atoms with Gasteiger partial charge in [0.2, 0.25) is 0 Å². The number of nitrogens with zero attached hydrogens (tertiary/aromatic N) is 1. The van der Waals surface area contributed by atoms with Crippen LogP contribution in [0.5, 0.6) is 0 Å². The Morgan fingerprint density at radius 3 is 2.52 bits per heavy atom. The van der Waals surface area contributed by atoms with Crippen molar-refractivity contribution in [3.8, 4) is 0 Å². The SMILES string of the molecule is CN1C(=O)SC(=C(CO)c2cccc3ccccc23)C1=O. The number of rotatable bonds is 2. The van der Waals surface area contributed by atoms with Crippen molar-refractivity contribution < 1.29 is 14.7 Å². The van der Waals surface area contributed by atoms with Crippen LogP contribution in [0, 0.1) is 0 Å². The van der Waals surface area contributed by atoms with Gasteiger partial charge in [0.25, 0.3) is 11.1 Å². The first-order chi connectivity index (χ1) is 10.1. The number of likely N-dealkylation sites (N-methyl/N-ethyl adjacent to an activating group) is 1. The van der Waals surface area contributed by atoms with E-state index < -0.39 is 0 Å². The first-order valence-electron chi connectivity index (χ1n) is 6.45. The molecule has 4 nitrogen and oxygen atoms in total. The van der Waals surface area contributed by atoms with E-state index in [2.05, 4.69) is 0 Å². The van der Waals surface area contributed by atoms with Crippen LogP contribution in [0.1, 0.15) is 5.56 Å². The highest BCUT2D eigenvalue weighted by Crippen LogP contribution is 2.37. The molecule has 2 amide bonds. The highest BCUT2D eigenvalue weighted by molar-refractivity contribution is 8.18. The molecule has 0 saturated carbocycles. The van der Waals surface area contributed by atoms with Gasteiger partial charge in [-0.05, 0) is 28.1 Å². The lowest BCUT2D eigenvalue weighted by atomic mass is 9.98. The quantitative estimate of drug-likeness (QED) is 0.866. The fourth-order valence-corrected chi connectivity index (χ4v) is 3.31. The standard InChI is InChI=1S/C16H13NO3S/c1-17-15(19)14(21-16(17)20)13(9-18)12-8-4-6-10-5-2-3-7-11(10)12/h2-8,18H,9H2,1H3. The maximum Gasteiger partial charge on any atom is 0.293 e. The summed E-state index contributed by atoms with van der Waals surface area (Å²) >= 11 is 0.875. The van der Waals surface area contributed by atoms with Gasteiger partial charge in [-0.25, -0.2) is 0 Å². The Labute approximate surface area is 126 Å². The van der Waals surface area contributed by atoms with Crippen LogP contribution in [0.2, 0.25) is 0 Å². The summed E-state index contributed by atoms with van der Waals surface area (Å²) in [4.78, 5) is 25.2. The average Bonchev–Trinajstić information content (AvgIpc) is 2.76. The van der Waals surface area contributed by atoms with Crippen molar-refractivity contribution in [3.63, 3.8) is 0 Å². The molecule has 2 aromatic rings. The number of amides is 2. The van der Waals surface area contributed by atoms with E-state index in [4.69, 9.17) is 0 Å². The Morgan fingerprint density at radius 1 is 1.14 bits per heavy atom. The first kappa shape index (κ1) is 13.9. The van der Waals surface area contributed by atoms with E-state index in [0.29, 0.717) is 10.5 Å². The van der Waals surface area contributed by atoms with Crippen LogP contribution >= 0.6 is 11.8 Å². The van der Waals surface area contributed by atoms with Crippen molar-refractivity contribution >= 4 is 39.3 Å². The van der Waals surface area contributed by atoms with Crippen LogP contribution in [0.4, 0.5) is 4.79 Å². The highest BCUT2D eigenvalue weighted by atomic mass is 32.2. The second kappa shape index (κ2) is 5.35. The Hall–Kier alpha value is -2.11. The van der Waals surface area contributed by atoms with Crippen molar-refractivity contribution in [1.82, 2.24) is 4.90 Å². The molecule has 2 aromatic carbocycles. The monoisotopic (exact) mass is 299 g/mol. The van der Waals surface area contributed by atoms with Crippen LogP contribution in [0.25, 0.3) is 16.3 Å². The predicted molar refractivity (Wildman–Crippen MR) is 83.7 cm³/mol. The number of aliphatic hydroxyl groups is 1. The van der Waals surface area contributed by atoms with Gasteiger partial charge in [0.1, 0.15) is 0 Å². The molecule has 1 aliphatic heterocycles. The molecule has 0 spiro atoms. The lowest BCUT2D eigenvalue weighted by Gasteiger charge is -2.11. The summed E-state index contributed by atoms with van der Waals surface area (Å²) in [6, 6.07) is 13.5. The minimum atomic E-state index is -0.359. The number of benzene rings is 2. The van der Waals surface area contributed by atoms with E-state index in [-0.39, 0.29) is 17.8 Å². The number of imide groups is 1. The van der Waals surface area contributed by atoms with E-state index in [0.717, 1.165) is 33.0 Å². The fraction of sp³-hybridized carbons (Fsp3) is 0.125. The molecule has 0 bridgehead atoms. The molecule has 1 fully saturated rings.